The fraction of sp³-hybridized carbons (Fsp3) is 0.786. The summed E-state index contributed by atoms with van der Waals surface area (Å²) in [5, 5.41) is 21.4. The second-order valence-electron chi connectivity index (χ2n) is 6.62. The van der Waals surface area contributed by atoms with Crippen molar-refractivity contribution in [2.24, 2.45) is 5.92 Å². The number of carboxylic acids is 1. The molecular formula is C14H21N5O2. The number of nitrogens with zero attached hydrogens (tertiary/aromatic N) is 4. The molecule has 0 aromatic carbocycles. The van der Waals surface area contributed by atoms with E-state index >= 15 is 0 Å². The minimum absolute atomic E-state index is 0.274. The first-order valence-electron chi connectivity index (χ1n) is 7.77. The van der Waals surface area contributed by atoms with Crippen LogP contribution in [0.15, 0.2) is 6.33 Å². The average molecular weight is 291 g/mol. The highest BCUT2D eigenvalue weighted by Crippen LogP contribution is 2.42. The number of hydrogen-bond donors (Lipinski definition) is 2. The molecule has 21 heavy (non-hydrogen) atoms. The van der Waals surface area contributed by atoms with Gasteiger partial charge in [0, 0.05) is 25.7 Å². The van der Waals surface area contributed by atoms with Gasteiger partial charge in [-0.3, -0.25) is 15.0 Å². The number of carbonyl (C=O) groups is 1. The molecule has 1 aromatic heterocycles. The Morgan fingerprint density at radius 3 is 2.86 bits per heavy atom. The van der Waals surface area contributed by atoms with Crippen LogP contribution in [-0.2, 0) is 17.9 Å². The van der Waals surface area contributed by atoms with Crippen molar-refractivity contribution in [1.82, 2.24) is 25.0 Å². The van der Waals surface area contributed by atoms with Crippen molar-refractivity contribution < 1.29 is 9.90 Å². The maximum Gasteiger partial charge on any atom is 0.325 e. The lowest BCUT2D eigenvalue weighted by Gasteiger charge is -2.37. The standard InChI is InChI=1S/C14H21N5O2/c20-13(21)14(10-1-2-10,16-11-3-4-11)8-18-5-6-19-9-15-17-12(19)7-18/h9-11,16H,1-8H2,(H,20,21). The number of fused-ring (bicyclic) bond motifs is 1. The molecule has 1 aliphatic heterocycles. The molecule has 0 radical (unpaired) electrons. The lowest BCUT2D eigenvalue weighted by atomic mass is 9.91. The molecule has 4 rings (SSSR count). The summed E-state index contributed by atoms with van der Waals surface area (Å²) in [6.45, 7) is 2.95. The Bertz CT molecular complexity index is 551. The minimum atomic E-state index is -0.774. The van der Waals surface area contributed by atoms with Gasteiger partial charge in [-0.2, -0.15) is 0 Å². The Balaban J connectivity index is 1.53. The molecule has 2 aliphatic carbocycles. The van der Waals surface area contributed by atoms with Crippen LogP contribution in [0.4, 0.5) is 0 Å². The molecule has 2 heterocycles. The third-order valence-electron chi connectivity index (χ3n) is 4.89. The monoisotopic (exact) mass is 291 g/mol. The van der Waals surface area contributed by atoms with Crippen molar-refractivity contribution in [3.05, 3.63) is 12.2 Å². The van der Waals surface area contributed by atoms with Gasteiger partial charge in [0.25, 0.3) is 0 Å². The summed E-state index contributed by atoms with van der Waals surface area (Å²) in [4.78, 5) is 14.2. The molecule has 2 saturated carbocycles. The van der Waals surface area contributed by atoms with Crippen LogP contribution in [0.2, 0.25) is 0 Å². The van der Waals surface area contributed by atoms with E-state index in [1.165, 1.54) is 0 Å². The Hall–Kier alpha value is -1.47. The summed E-state index contributed by atoms with van der Waals surface area (Å²) in [5.41, 5.74) is -0.774. The molecule has 1 unspecified atom stereocenters. The Labute approximate surface area is 123 Å². The van der Waals surface area contributed by atoms with Gasteiger partial charge >= 0.3 is 5.97 Å². The number of hydrogen-bond acceptors (Lipinski definition) is 5. The van der Waals surface area contributed by atoms with E-state index in [0.29, 0.717) is 19.1 Å². The molecule has 2 fully saturated rings. The van der Waals surface area contributed by atoms with Crippen LogP contribution in [0.3, 0.4) is 0 Å². The zero-order valence-corrected chi connectivity index (χ0v) is 12.0. The number of aromatic nitrogens is 3. The fourth-order valence-electron chi connectivity index (χ4n) is 3.37. The summed E-state index contributed by atoms with van der Waals surface area (Å²) in [7, 11) is 0. The van der Waals surface area contributed by atoms with E-state index in [2.05, 4.69) is 20.4 Å². The molecule has 2 N–H and O–H groups in total. The van der Waals surface area contributed by atoms with Crippen molar-refractivity contribution in [2.75, 3.05) is 13.1 Å². The first-order chi connectivity index (χ1) is 10.2. The van der Waals surface area contributed by atoms with Crippen LogP contribution in [-0.4, -0.2) is 55.4 Å². The maximum atomic E-state index is 12.0. The van der Waals surface area contributed by atoms with Gasteiger partial charge in [-0.25, -0.2) is 0 Å². The Kier molecular flexibility index (Phi) is 3.00. The third kappa shape index (κ3) is 2.44. The molecule has 0 saturated heterocycles. The van der Waals surface area contributed by atoms with Crippen LogP contribution in [0.25, 0.3) is 0 Å². The van der Waals surface area contributed by atoms with Crippen LogP contribution < -0.4 is 5.32 Å². The van der Waals surface area contributed by atoms with Gasteiger partial charge in [0.05, 0.1) is 6.54 Å². The fourth-order valence-corrected chi connectivity index (χ4v) is 3.37. The number of rotatable bonds is 6. The average Bonchev–Trinajstić information content (AvgIpc) is 3.36. The van der Waals surface area contributed by atoms with E-state index in [9.17, 15) is 9.90 Å². The van der Waals surface area contributed by atoms with Gasteiger partial charge in [0.2, 0.25) is 0 Å². The molecule has 3 aliphatic rings. The summed E-state index contributed by atoms with van der Waals surface area (Å²) in [6.07, 6.45) is 6.01. The smallest absolute Gasteiger partial charge is 0.325 e. The van der Waals surface area contributed by atoms with E-state index in [0.717, 1.165) is 44.6 Å². The Morgan fingerprint density at radius 2 is 2.19 bits per heavy atom. The van der Waals surface area contributed by atoms with Crippen LogP contribution in [0.1, 0.15) is 31.5 Å². The number of carboxylic acid groups (broad SMARTS) is 1. The van der Waals surface area contributed by atoms with E-state index in [4.69, 9.17) is 0 Å². The molecule has 1 aromatic rings. The van der Waals surface area contributed by atoms with Crippen molar-refractivity contribution in [3.63, 3.8) is 0 Å². The van der Waals surface area contributed by atoms with Gasteiger partial charge < -0.3 is 9.67 Å². The molecule has 0 spiro atoms. The molecular weight excluding hydrogens is 270 g/mol. The topological polar surface area (TPSA) is 83.3 Å². The van der Waals surface area contributed by atoms with E-state index in [1.807, 2.05) is 4.57 Å². The minimum Gasteiger partial charge on any atom is -0.480 e. The zero-order valence-electron chi connectivity index (χ0n) is 12.0. The second-order valence-corrected chi connectivity index (χ2v) is 6.62. The molecule has 1 atom stereocenters. The molecule has 0 amide bonds. The Morgan fingerprint density at radius 1 is 1.38 bits per heavy atom. The predicted molar refractivity (Wildman–Crippen MR) is 74.5 cm³/mol. The maximum absolute atomic E-state index is 12.0. The van der Waals surface area contributed by atoms with E-state index in [1.54, 1.807) is 6.33 Å². The third-order valence-corrected chi connectivity index (χ3v) is 4.89. The second kappa shape index (κ2) is 4.78. The number of nitrogens with one attached hydrogen (secondary N) is 1. The first kappa shape index (κ1) is 13.2. The van der Waals surface area contributed by atoms with Crippen molar-refractivity contribution in [2.45, 2.75) is 50.4 Å². The summed E-state index contributed by atoms with van der Waals surface area (Å²) in [5.74, 6) is 0.516. The summed E-state index contributed by atoms with van der Waals surface area (Å²) >= 11 is 0. The van der Waals surface area contributed by atoms with Gasteiger partial charge in [-0.1, -0.05) is 0 Å². The highest BCUT2D eigenvalue weighted by molar-refractivity contribution is 5.80. The quantitative estimate of drug-likeness (QED) is 0.772. The molecule has 0 bridgehead atoms. The highest BCUT2D eigenvalue weighted by atomic mass is 16.4. The lowest BCUT2D eigenvalue weighted by Crippen LogP contribution is -2.62. The van der Waals surface area contributed by atoms with Gasteiger partial charge in [0.15, 0.2) is 0 Å². The molecule has 114 valence electrons. The highest BCUT2D eigenvalue weighted by Gasteiger charge is 2.54. The first-order valence-corrected chi connectivity index (χ1v) is 7.77. The van der Waals surface area contributed by atoms with Gasteiger partial charge in [0.1, 0.15) is 17.7 Å². The van der Waals surface area contributed by atoms with Gasteiger partial charge in [-0.05, 0) is 31.6 Å². The molecule has 7 nitrogen and oxygen atoms in total. The van der Waals surface area contributed by atoms with Crippen molar-refractivity contribution >= 4 is 5.97 Å². The van der Waals surface area contributed by atoms with E-state index in [-0.39, 0.29) is 5.92 Å². The van der Waals surface area contributed by atoms with Gasteiger partial charge in [-0.15, -0.1) is 10.2 Å². The predicted octanol–water partition coefficient (Wildman–Crippen LogP) is 0.0791. The molecule has 7 heteroatoms. The normalized spacial score (nSPS) is 25.3. The largest absolute Gasteiger partial charge is 0.480 e. The van der Waals surface area contributed by atoms with Crippen molar-refractivity contribution in [3.8, 4) is 0 Å². The number of aliphatic carboxylic acids is 1. The summed E-state index contributed by atoms with van der Waals surface area (Å²) < 4.78 is 2.05. The SMILES string of the molecule is O=C(O)C(CN1CCn2cnnc2C1)(NC1CC1)C1CC1. The van der Waals surface area contributed by atoms with Crippen LogP contribution in [0.5, 0.6) is 0 Å². The lowest BCUT2D eigenvalue weighted by molar-refractivity contribution is -0.147. The van der Waals surface area contributed by atoms with Crippen LogP contribution in [0, 0.1) is 5.92 Å². The van der Waals surface area contributed by atoms with E-state index < -0.39 is 11.5 Å². The van der Waals surface area contributed by atoms with Crippen molar-refractivity contribution in [1.29, 1.82) is 0 Å². The summed E-state index contributed by atoms with van der Waals surface area (Å²) in [6, 6.07) is 0.398. The zero-order chi connectivity index (χ0) is 14.4. The van der Waals surface area contributed by atoms with Crippen LogP contribution >= 0.6 is 0 Å².